The molecule has 27 heavy (non-hydrogen) atoms. The molecule has 2 N–H and O–H groups in total. The summed E-state index contributed by atoms with van der Waals surface area (Å²) in [7, 11) is 1.39. The molecule has 0 radical (unpaired) electrons. The second-order valence-electron chi connectivity index (χ2n) is 5.59. The van der Waals surface area contributed by atoms with E-state index >= 15 is 0 Å². The summed E-state index contributed by atoms with van der Waals surface area (Å²) in [6, 6.07) is 21.4. The Bertz CT molecular complexity index is 964. The molecule has 3 aromatic carbocycles. The van der Waals surface area contributed by atoms with Crippen LogP contribution in [0.3, 0.4) is 0 Å². The van der Waals surface area contributed by atoms with Gasteiger partial charge in [-0.05, 0) is 29.3 Å². The van der Waals surface area contributed by atoms with Crippen molar-refractivity contribution in [3.05, 3.63) is 83.9 Å². The molecule has 3 rings (SSSR count). The van der Waals surface area contributed by atoms with Crippen molar-refractivity contribution in [2.45, 2.75) is 0 Å². The molecule has 0 fully saturated rings. The molecule has 0 aromatic heterocycles. The number of carboxylic acids is 1. The van der Waals surface area contributed by atoms with Crippen molar-refractivity contribution < 1.29 is 50.4 Å². The van der Waals surface area contributed by atoms with Crippen LogP contribution in [-0.4, -0.2) is 24.1 Å². The maximum Gasteiger partial charge on any atom is 1.00 e. The molecule has 0 aliphatic carbocycles. The zero-order valence-corrected chi connectivity index (χ0v) is 17.1. The summed E-state index contributed by atoms with van der Waals surface area (Å²) >= 11 is 0. The molecular weight excluding hydrogens is 353 g/mol. The fraction of sp³-hybridized carbons (Fsp3) is 0.0476. The first-order valence-electron chi connectivity index (χ1n) is 7.97. The number of carboxylic acid groups (broad SMARTS) is 1. The number of anilines is 1. The SMILES string of the molecule is COc1cc(NC(=O)c2ccccc2-c2ccccc2)ccc1C(=O)O.[H-].[Na+]. The van der Waals surface area contributed by atoms with E-state index in [0.717, 1.165) is 11.1 Å². The molecule has 6 heteroatoms. The number of rotatable bonds is 5. The molecule has 0 unspecified atom stereocenters. The quantitative estimate of drug-likeness (QED) is 0.666. The van der Waals surface area contributed by atoms with Crippen LogP contribution < -0.4 is 39.6 Å². The number of carbonyl (C=O) groups excluding carboxylic acids is 1. The molecule has 3 aromatic rings. The van der Waals surface area contributed by atoms with Crippen molar-refractivity contribution in [1.82, 2.24) is 0 Å². The molecule has 0 atom stereocenters. The van der Waals surface area contributed by atoms with Crippen LogP contribution in [0.4, 0.5) is 5.69 Å². The second-order valence-corrected chi connectivity index (χ2v) is 5.59. The van der Waals surface area contributed by atoms with Crippen molar-refractivity contribution in [2.75, 3.05) is 12.4 Å². The van der Waals surface area contributed by atoms with E-state index < -0.39 is 5.97 Å². The van der Waals surface area contributed by atoms with Gasteiger partial charge in [-0.2, -0.15) is 0 Å². The molecular formula is C21H18NNaO4. The normalized spacial score (nSPS) is 9.81. The van der Waals surface area contributed by atoms with Gasteiger partial charge in [0, 0.05) is 17.3 Å². The molecule has 0 aliphatic heterocycles. The van der Waals surface area contributed by atoms with Crippen LogP contribution in [0.15, 0.2) is 72.8 Å². The van der Waals surface area contributed by atoms with Gasteiger partial charge in [0.1, 0.15) is 11.3 Å². The molecule has 0 bridgehead atoms. The van der Waals surface area contributed by atoms with Crippen LogP contribution >= 0.6 is 0 Å². The first kappa shape index (κ1) is 20.7. The average Bonchev–Trinajstić information content (AvgIpc) is 2.68. The molecule has 0 saturated heterocycles. The van der Waals surface area contributed by atoms with E-state index in [1.165, 1.54) is 25.3 Å². The van der Waals surface area contributed by atoms with Gasteiger partial charge in [0.05, 0.1) is 7.11 Å². The Kier molecular flexibility index (Phi) is 7.19. The van der Waals surface area contributed by atoms with Crippen molar-refractivity contribution >= 4 is 17.6 Å². The largest absolute Gasteiger partial charge is 1.00 e. The molecule has 1 amide bonds. The summed E-state index contributed by atoms with van der Waals surface area (Å²) < 4.78 is 5.10. The number of benzene rings is 3. The summed E-state index contributed by atoms with van der Waals surface area (Å²) in [6.07, 6.45) is 0. The number of ether oxygens (including phenoxy) is 1. The van der Waals surface area contributed by atoms with Crippen molar-refractivity contribution in [2.24, 2.45) is 0 Å². The minimum atomic E-state index is -1.09. The number of amides is 1. The van der Waals surface area contributed by atoms with E-state index in [2.05, 4.69) is 5.32 Å². The van der Waals surface area contributed by atoms with Crippen LogP contribution in [0.1, 0.15) is 22.1 Å². The van der Waals surface area contributed by atoms with Crippen molar-refractivity contribution in [3.63, 3.8) is 0 Å². The molecule has 0 heterocycles. The van der Waals surface area contributed by atoms with Crippen molar-refractivity contribution in [3.8, 4) is 16.9 Å². The van der Waals surface area contributed by atoms with Gasteiger partial charge in [0.2, 0.25) is 0 Å². The van der Waals surface area contributed by atoms with E-state index in [0.29, 0.717) is 11.3 Å². The Morgan fingerprint density at radius 1 is 0.926 bits per heavy atom. The molecule has 0 saturated carbocycles. The molecule has 0 aliphatic rings. The minimum Gasteiger partial charge on any atom is -1.00 e. The van der Waals surface area contributed by atoms with Gasteiger partial charge in [-0.15, -0.1) is 0 Å². The predicted molar refractivity (Wildman–Crippen MR) is 101 cm³/mol. The maximum atomic E-state index is 12.8. The van der Waals surface area contributed by atoms with Gasteiger partial charge in [0.15, 0.2) is 0 Å². The van der Waals surface area contributed by atoms with E-state index in [4.69, 9.17) is 9.84 Å². The van der Waals surface area contributed by atoms with E-state index in [-0.39, 0.29) is 48.2 Å². The van der Waals surface area contributed by atoms with Gasteiger partial charge in [-0.1, -0.05) is 48.5 Å². The number of methoxy groups -OCH3 is 1. The number of hydrogen-bond donors (Lipinski definition) is 2. The molecule has 132 valence electrons. The monoisotopic (exact) mass is 371 g/mol. The Hall–Kier alpha value is -2.60. The van der Waals surface area contributed by atoms with E-state index in [1.54, 1.807) is 12.1 Å². The van der Waals surface area contributed by atoms with Crippen LogP contribution in [0.5, 0.6) is 5.75 Å². The zero-order valence-electron chi connectivity index (χ0n) is 16.1. The average molecular weight is 371 g/mol. The fourth-order valence-corrected chi connectivity index (χ4v) is 2.69. The van der Waals surface area contributed by atoms with Gasteiger partial charge in [0.25, 0.3) is 5.91 Å². The summed E-state index contributed by atoms with van der Waals surface area (Å²) in [5, 5.41) is 11.9. The van der Waals surface area contributed by atoms with Crippen LogP contribution in [0.2, 0.25) is 0 Å². The number of nitrogens with one attached hydrogen (secondary N) is 1. The second kappa shape index (κ2) is 9.37. The Balaban J connectivity index is 0.00000196. The zero-order chi connectivity index (χ0) is 18.5. The van der Waals surface area contributed by atoms with Crippen molar-refractivity contribution in [1.29, 1.82) is 0 Å². The van der Waals surface area contributed by atoms with E-state index in [1.807, 2.05) is 42.5 Å². The first-order valence-corrected chi connectivity index (χ1v) is 7.97. The summed E-state index contributed by atoms with van der Waals surface area (Å²) in [5.41, 5.74) is 2.78. The Morgan fingerprint density at radius 2 is 1.59 bits per heavy atom. The maximum absolute atomic E-state index is 12.8. The third kappa shape index (κ3) is 4.77. The standard InChI is InChI=1S/C21H17NO4.Na.H/c1-26-19-13-15(11-12-18(19)21(24)25)22-20(23)17-10-6-5-9-16(17)14-7-3-2-4-8-14;;/h2-13H,1H3,(H,22,23)(H,24,25);;/q;+1;-1. The first-order chi connectivity index (χ1) is 12.6. The third-order valence-corrected chi connectivity index (χ3v) is 3.95. The minimum absolute atomic E-state index is 0. The predicted octanol–water partition coefficient (Wildman–Crippen LogP) is 1.43. The van der Waals surface area contributed by atoms with Gasteiger partial charge in [-0.25, -0.2) is 4.79 Å². The topological polar surface area (TPSA) is 75.6 Å². The fourth-order valence-electron chi connectivity index (χ4n) is 2.69. The van der Waals surface area contributed by atoms with Gasteiger partial charge >= 0.3 is 35.5 Å². The Morgan fingerprint density at radius 3 is 2.26 bits per heavy atom. The van der Waals surface area contributed by atoms with Gasteiger partial charge < -0.3 is 16.6 Å². The Labute approximate surface area is 180 Å². The third-order valence-electron chi connectivity index (χ3n) is 3.95. The van der Waals surface area contributed by atoms with Crippen LogP contribution in [0.25, 0.3) is 11.1 Å². The molecule has 0 spiro atoms. The number of carbonyl (C=O) groups is 2. The summed E-state index contributed by atoms with van der Waals surface area (Å²) in [5.74, 6) is -1.18. The van der Waals surface area contributed by atoms with E-state index in [9.17, 15) is 9.59 Å². The van der Waals surface area contributed by atoms with Crippen LogP contribution in [0, 0.1) is 0 Å². The summed E-state index contributed by atoms with van der Waals surface area (Å²) in [4.78, 5) is 23.9. The molecule has 5 nitrogen and oxygen atoms in total. The van der Waals surface area contributed by atoms with Crippen LogP contribution in [-0.2, 0) is 0 Å². The smallest absolute Gasteiger partial charge is 1.00 e. The number of hydrogen-bond acceptors (Lipinski definition) is 3. The van der Waals surface area contributed by atoms with Gasteiger partial charge in [-0.3, -0.25) is 4.79 Å². The number of aromatic carboxylic acids is 1. The summed E-state index contributed by atoms with van der Waals surface area (Å²) in [6.45, 7) is 0.